The fourth-order valence-electron chi connectivity index (χ4n) is 4.93. The number of hydrogen-bond acceptors (Lipinski definition) is 9. The van der Waals surface area contributed by atoms with Gasteiger partial charge in [-0.15, -0.1) is 0 Å². The second kappa shape index (κ2) is 46.9. The van der Waals surface area contributed by atoms with E-state index in [0.29, 0.717) is 26.4 Å². The molecule has 0 radical (unpaired) electrons. The first-order valence-corrected chi connectivity index (χ1v) is 18.5. The molecular formula is C32H66Na3O9P. The van der Waals surface area contributed by atoms with Crippen LogP contribution in [-0.2, 0) is 18.8 Å². The third-order valence-electron chi connectivity index (χ3n) is 7.22. The fourth-order valence-corrected chi connectivity index (χ4v) is 4.93. The molecule has 256 valence electrons. The summed E-state index contributed by atoms with van der Waals surface area (Å²) in [7, 11) is -5.39. The third kappa shape index (κ3) is 56.5. The Hall–Kier alpha value is 2.91. The summed E-state index contributed by atoms with van der Waals surface area (Å²) in [5.41, 5.74) is 0. The molecule has 0 aliphatic carbocycles. The Labute approximate surface area is 343 Å². The van der Waals surface area contributed by atoms with Gasteiger partial charge in [-0.3, -0.25) is 0 Å². The first kappa shape index (κ1) is 57.3. The fraction of sp³-hybridized carbons (Fsp3) is 1.00. The molecule has 0 fully saturated rings. The van der Waals surface area contributed by atoms with Crippen LogP contribution in [0, 0.1) is 0 Å². The van der Waals surface area contributed by atoms with E-state index >= 15 is 0 Å². The van der Waals surface area contributed by atoms with E-state index in [2.05, 4.69) is 13.8 Å². The average Bonchev–Trinajstić information content (AvgIpc) is 2.94. The second-order valence-electron chi connectivity index (χ2n) is 11.4. The quantitative estimate of drug-likeness (QED) is 0.0416. The second-order valence-corrected chi connectivity index (χ2v) is 12.3. The van der Waals surface area contributed by atoms with E-state index in [0.717, 1.165) is 25.7 Å². The Balaban J connectivity index is -0.000000613. The van der Waals surface area contributed by atoms with E-state index in [-0.39, 0.29) is 114 Å². The van der Waals surface area contributed by atoms with Crippen molar-refractivity contribution >= 4 is 7.82 Å². The van der Waals surface area contributed by atoms with Gasteiger partial charge in [0.15, 0.2) is 0 Å². The molecule has 9 nitrogen and oxygen atoms in total. The molecule has 45 heavy (non-hydrogen) atoms. The number of hydrogen-bond donors (Lipinski definition) is 2. The molecule has 0 aromatic rings. The first-order chi connectivity index (χ1) is 20.3. The zero-order valence-electron chi connectivity index (χ0n) is 30.2. The summed E-state index contributed by atoms with van der Waals surface area (Å²) >= 11 is 0. The van der Waals surface area contributed by atoms with Crippen molar-refractivity contribution in [2.45, 2.75) is 167 Å². The van der Waals surface area contributed by atoms with E-state index in [9.17, 15) is 0 Å². The van der Waals surface area contributed by atoms with Gasteiger partial charge in [-0.2, -0.15) is 7.82 Å². The minimum absolute atomic E-state index is 0. The van der Waals surface area contributed by atoms with Crippen LogP contribution >= 0.6 is 7.82 Å². The normalized spacial score (nSPS) is 12.2. The first-order valence-electron chi connectivity index (χ1n) is 17.0. The smallest absolute Gasteiger partial charge is 0.822 e. The van der Waals surface area contributed by atoms with Crippen molar-refractivity contribution in [3.63, 3.8) is 0 Å². The van der Waals surface area contributed by atoms with Crippen LogP contribution in [0.1, 0.15) is 155 Å². The summed E-state index contributed by atoms with van der Waals surface area (Å²) in [4.78, 5) is 25.6. The maximum Gasteiger partial charge on any atom is 1.00 e. The van der Waals surface area contributed by atoms with E-state index in [1.54, 1.807) is 0 Å². The summed E-state index contributed by atoms with van der Waals surface area (Å²) in [6.45, 7) is 6.44. The summed E-state index contributed by atoms with van der Waals surface area (Å²) in [5, 5.41) is 18.2. The van der Waals surface area contributed by atoms with Gasteiger partial charge in [-0.05, 0) is 12.8 Å². The van der Waals surface area contributed by atoms with Gasteiger partial charge in [0, 0.05) is 0 Å². The van der Waals surface area contributed by atoms with Gasteiger partial charge in [-0.1, -0.05) is 142 Å². The number of rotatable bonds is 32. The van der Waals surface area contributed by atoms with Crippen LogP contribution < -0.4 is 103 Å². The van der Waals surface area contributed by atoms with Gasteiger partial charge >= 0.3 is 88.7 Å². The van der Waals surface area contributed by atoms with Crippen molar-refractivity contribution < 1.29 is 132 Å². The molecule has 0 aliphatic rings. The molecule has 2 N–H and O–H groups in total. The molecule has 2 unspecified atom stereocenters. The molecule has 0 aromatic carbocycles. The molecule has 0 saturated heterocycles. The van der Waals surface area contributed by atoms with Gasteiger partial charge in [0.2, 0.25) is 0 Å². The van der Waals surface area contributed by atoms with Gasteiger partial charge in [0.1, 0.15) is 0 Å². The maximum absolute atomic E-state index is 9.12. The Bertz CT molecular complexity index is 520. The van der Waals surface area contributed by atoms with Crippen molar-refractivity contribution in [2.75, 3.05) is 39.6 Å². The van der Waals surface area contributed by atoms with Gasteiger partial charge in [0.25, 0.3) is 0 Å². The van der Waals surface area contributed by atoms with Gasteiger partial charge in [-0.25, -0.2) is 0 Å². The number of unbranched alkanes of at least 4 members (excludes halogenated alkanes) is 18. The minimum Gasteiger partial charge on any atom is -0.822 e. The molecule has 0 rings (SSSR count). The van der Waals surface area contributed by atoms with Crippen molar-refractivity contribution in [1.82, 2.24) is 0 Å². The summed E-state index contributed by atoms with van der Waals surface area (Å²) in [5.74, 6) is 0. The number of aliphatic hydroxyl groups is 2. The molecule has 2 atom stereocenters. The molecule has 0 heterocycles. The standard InChI is InChI=1S/C32H66O5.3Na.H3O4P/c1-3-5-7-9-11-13-15-17-19-21-23-31(29-35-27-25-33)37-32(30-36-28-26-34)24-22-20-18-16-14-12-10-8-6-4-2;;;;1-5(2,3)4/h31-34H,3-30H2,1-2H3;;;;(H3,1,2,3,4)/q;3*+1;/p-3. The van der Waals surface area contributed by atoms with Crippen LogP contribution in [0.5, 0.6) is 0 Å². The van der Waals surface area contributed by atoms with E-state index < -0.39 is 7.82 Å². The summed E-state index contributed by atoms with van der Waals surface area (Å²) in [6.07, 6.45) is 28.7. The van der Waals surface area contributed by atoms with Gasteiger partial charge in [0.05, 0.1) is 51.8 Å². The maximum atomic E-state index is 9.12. The number of ether oxygens (including phenoxy) is 3. The molecule has 0 amide bonds. The van der Waals surface area contributed by atoms with Crippen molar-refractivity contribution in [3.05, 3.63) is 0 Å². The zero-order valence-corrected chi connectivity index (χ0v) is 37.0. The predicted octanol–water partition coefficient (Wildman–Crippen LogP) is -3.43. The van der Waals surface area contributed by atoms with Crippen LogP contribution in [0.15, 0.2) is 0 Å². The molecule has 0 bridgehead atoms. The molecule has 0 spiro atoms. The largest absolute Gasteiger partial charge is 1.00 e. The Morgan fingerprint density at radius 3 is 1.00 bits per heavy atom. The zero-order chi connectivity index (χ0) is 31.6. The van der Waals surface area contributed by atoms with E-state index in [1.807, 2.05) is 0 Å². The molecular weight excluding hydrogens is 628 g/mol. The number of phosphoric acid groups is 1. The predicted molar refractivity (Wildman–Crippen MR) is 165 cm³/mol. The monoisotopic (exact) mass is 694 g/mol. The van der Waals surface area contributed by atoms with Crippen molar-refractivity contribution in [1.29, 1.82) is 0 Å². The van der Waals surface area contributed by atoms with Crippen molar-refractivity contribution in [2.24, 2.45) is 0 Å². The van der Waals surface area contributed by atoms with Crippen LogP contribution in [0.2, 0.25) is 0 Å². The molecule has 13 heteroatoms. The Kier molecular flexibility index (Phi) is 59.7. The Morgan fingerprint density at radius 1 is 0.511 bits per heavy atom. The number of aliphatic hydroxyl groups excluding tert-OH is 2. The van der Waals surface area contributed by atoms with Crippen LogP contribution in [0.25, 0.3) is 0 Å². The third-order valence-corrected chi connectivity index (χ3v) is 7.22. The van der Waals surface area contributed by atoms with Gasteiger partial charge < -0.3 is 43.7 Å². The minimum atomic E-state index is -5.39. The SMILES string of the molecule is CCCCCCCCCCCCC(COCCO)OC(CCCCCCCCCCCC)COCCO.O=P([O-])([O-])[O-].[Na+].[Na+].[Na+]. The average molecular weight is 695 g/mol. The molecule has 0 aliphatic heterocycles. The summed E-state index contributed by atoms with van der Waals surface area (Å²) in [6, 6.07) is 0. The Morgan fingerprint density at radius 2 is 0.756 bits per heavy atom. The topological polar surface area (TPSA) is 154 Å². The van der Waals surface area contributed by atoms with E-state index in [4.69, 9.17) is 43.7 Å². The van der Waals surface area contributed by atoms with Crippen molar-refractivity contribution in [3.8, 4) is 0 Å². The molecule has 0 aromatic heterocycles. The van der Waals surface area contributed by atoms with Crippen LogP contribution in [0.4, 0.5) is 0 Å². The van der Waals surface area contributed by atoms with Crippen LogP contribution in [-0.4, -0.2) is 62.1 Å². The molecule has 0 saturated carbocycles. The van der Waals surface area contributed by atoms with E-state index in [1.165, 1.54) is 116 Å². The summed E-state index contributed by atoms with van der Waals surface area (Å²) < 4.78 is 26.4. The van der Waals surface area contributed by atoms with Crippen LogP contribution in [0.3, 0.4) is 0 Å².